The van der Waals surface area contributed by atoms with Gasteiger partial charge in [-0.1, -0.05) is 17.7 Å². The monoisotopic (exact) mass is 483 g/mol. The molecule has 1 aromatic carbocycles. The van der Waals surface area contributed by atoms with Crippen LogP contribution in [-0.4, -0.2) is 93.2 Å². The number of benzene rings is 1. The number of amidine groups is 1. The summed E-state index contributed by atoms with van der Waals surface area (Å²) in [6.45, 7) is 2.22. The first-order valence-electron chi connectivity index (χ1n) is 10.3. The third-order valence-corrected chi connectivity index (χ3v) is 10.1. The van der Waals surface area contributed by atoms with Crippen molar-refractivity contribution in [2.24, 2.45) is 4.99 Å². The molecule has 0 spiro atoms. The molecule has 0 radical (unpaired) electrons. The molecule has 1 N–H and O–H groups in total. The molecule has 32 heavy (non-hydrogen) atoms. The van der Waals surface area contributed by atoms with Crippen LogP contribution in [0.15, 0.2) is 29.3 Å². The number of hydrogen-bond acceptors (Lipinski definition) is 8. The number of nitrogens with zero attached hydrogens (tertiary/aromatic N) is 4. The number of nitrogens with one attached hydrogen (secondary N) is 1. The molecule has 1 aromatic rings. The number of carbonyl (C=O) groups is 2. The van der Waals surface area contributed by atoms with Crippen LogP contribution in [-0.2, 0) is 29.4 Å². The predicted molar refractivity (Wildman–Crippen MR) is 118 cm³/mol. The summed E-state index contributed by atoms with van der Waals surface area (Å²) in [7, 11) is -7.06. The molecule has 0 bridgehead atoms. The number of piperazine rings is 1. The number of aliphatic imine (C=N–C) groups is 1. The van der Waals surface area contributed by atoms with Gasteiger partial charge >= 0.3 is 0 Å². The Kier molecular flexibility index (Phi) is 5.98. The molecule has 3 aliphatic heterocycles. The van der Waals surface area contributed by atoms with Gasteiger partial charge in [-0.15, -0.1) is 0 Å². The second kappa shape index (κ2) is 8.45. The summed E-state index contributed by atoms with van der Waals surface area (Å²) in [5.74, 6) is -1.17. The molecule has 2 fully saturated rings. The van der Waals surface area contributed by atoms with Crippen LogP contribution in [0.4, 0.5) is 5.69 Å². The van der Waals surface area contributed by atoms with Crippen molar-refractivity contribution in [3.63, 3.8) is 0 Å². The van der Waals surface area contributed by atoms with Crippen LogP contribution in [0.1, 0.15) is 12.0 Å². The second-order valence-corrected chi connectivity index (χ2v) is 12.5. The number of sulfone groups is 1. The molecule has 3 aliphatic rings. The van der Waals surface area contributed by atoms with E-state index in [0.29, 0.717) is 5.69 Å². The summed E-state index contributed by atoms with van der Waals surface area (Å²) < 4.78 is 50.2. The number of hydrogen-bond donors (Lipinski definition) is 1. The van der Waals surface area contributed by atoms with E-state index in [9.17, 15) is 26.4 Å². The Morgan fingerprint density at radius 3 is 2.38 bits per heavy atom. The van der Waals surface area contributed by atoms with Gasteiger partial charge in [0, 0.05) is 26.2 Å². The molecule has 2 amide bonds. The summed E-state index contributed by atoms with van der Waals surface area (Å²) >= 11 is 0. The van der Waals surface area contributed by atoms with Crippen molar-refractivity contribution < 1.29 is 26.4 Å². The Morgan fingerprint density at radius 1 is 1.12 bits per heavy atom. The zero-order valence-corrected chi connectivity index (χ0v) is 19.2. The molecule has 2 saturated heterocycles. The highest BCUT2D eigenvalue weighted by Crippen LogP contribution is 2.23. The van der Waals surface area contributed by atoms with Crippen LogP contribution >= 0.6 is 0 Å². The minimum absolute atomic E-state index is 0.0170. The van der Waals surface area contributed by atoms with Crippen molar-refractivity contribution in [3.05, 3.63) is 29.8 Å². The van der Waals surface area contributed by atoms with E-state index in [2.05, 4.69) is 10.4 Å². The molecule has 3 heterocycles. The van der Waals surface area contributed by atoms with E-state index in [1.54, 1.807) is 12.1 Å². The molecule has 1 atom stereocenters. The summed E-state index contributed by atoms with van der Waals surface area (Å²) in [5, 5.41) is 0.356. The molecule has 1 unspecified atom stereocenters. The Balaban J connectivity index is 1.39. The number of anilines is 1. The van der Waals surface area contributed by atoms with Gasteiger partial charge in [-0.25, -0.2) is 21.8 Å². The fourth-order valence-corrected chi connectivity index (χ4v) is 8.45. The highest BCUT2D eigenvalue weighted by molar-refractivity contribution is 7.95. The number of hydrazine groups is 1. The standard InChI is InChI=1S/C19H25N5O6S2/c1-14-2-4-15(5-3-14)24-17(25)12-20-18(21-24)19(26)22-7-9-23(10-8-22)32(29,30)16-6-11-31(27,28)13-16/h2-5,16H,6-13H2,1H3,(H,20,21). The van der Waals surface area contributed by atoms with E-state index in [1.807, 2.05) is 19.1 Å². The average Bonchev–Trinajstić information content (AvgIpc) is 3.15. The van der Waals surface area contributed by atoms with Gasteiger partial charge in [-0.05, 0) is 25.5 Å². The predicted octanol–water partition coefficient (Wildman–Crippen LogP) is -1.09. The minimum atomic E-state index is -3.74. The molecule has 13 heteroatoms. The maximum Gasteiger partial charge on any atom is 0.290 e. The molecule has 0 aromatic heterocycles. The lowest BCUT2D eigenvalue weighted by atomic mass is 10.2. The van der Waals surface area contributed by atoms with Crippen LogP contribution in [0.25, 0.3) is 0 Å². The summed E-state index contributed by atoms with van der Waals surface area (Å²) in [6.07, 6.45) is 0.105. The number of rotatable bonds is 4. The molecular formula is C19H25N5O6S2. The van der Waals surface area contributed by atoms with Crippen LogP contribution in [0.5, 0.6) is 0 Å². The fourth-order valence-electron chi connectivity index (χ4n) is 3.94. The lowest BCUT2D eigenvalue weighted by Crippen LogP contribution is -2.59. The Labute approximate surface area is 187 Å². The van der Waals surface area contributed by atoms with E-state index in [0.717, 1.165) is 5.56 Å². The van der Waals surface area contributed by atoms with E-state index in [1.165, 1.54) is 14.2 Å². The molecule has 174 valence electrons. The highest BCUT2D eigenvalue weighted by Gasteiger charge is 2.42. The first-order valence-corrected chi connectivity index (χ1v) is 13.6. The number of aryl methyl sites for hydroxylation is 1. The molecule has 0 aliphatic carbocycles. The minimum Gasteiger partial charge on any atom is -0.333 e. The SMILES string of the molecule is Cc1ccc(N2NC(C(=O)N3CCN(S(=O)(=O)C4CCS(=O)(=O)C4)CC3)=NCC2=O)cc1. The topological polar surface area (TPSA) is 137 Å². The Bertz CT molecular complexity index is 1160. The number of sulfonamides is 1. The Hall–Kier alpha value is -2.51. The van der Waals surface area contributed by atoms with Crippen LogP contribution in [0.3, 0.4) is 0 Å². The molecule has 4 rings (SSSR count). The lowest BCUT2D eigenvalue weighted by molar-refractivity contribution is -0.125. The maximum atomic E-state index is 12.9. The van der Waals surface area contributed by atoms with E-state index < -0.39 is 31.0 Å². The highest BCUT2D eigenvalue weighted by atomic mass is 32.2. The number of carbonyl (C=O) groups excluding carboxylic acids is 2. The van der Waals surface area contributed by atoms with Gasteiger partial charge in [0.15, 0.2) is 9.84 Å². The molecular weight excluding hydrogens is 458 g/mol. The average molecular weight is 484 g/mol. The first-order chi connectivity index (χ1) is 15.1. The van der Waals surface area contributed by atoms with Gasteiger partial charge in [-0.3, -0.25) is 20.0 Å². The smallest absolute Gasteiger partial charge is 0.290 e. The zero-order valence-electron chi connectivity index (χ0n) is 17.6. The van der Waals surface area contributed by atoms with Gasteiger partial charge in [0.05, 0.1) is 22.4 Å². The van der Waals surface area contributed by atoms with E-state index in [-0.39, 0.29) is 62.4 Å². The van der Waals surface area contributed by atoms with Crippen LogP contribution in [0, 0.1) is 6.92 Å². The fraction of sp³-hybridized carbons (Fsp3) is 0.526. The maximum absolute atomic E-state index is 12.9. The summed E-state index contributed by atoms with van der Waals surface area (Å²) in [4.78, 5) is 30.7. The largest absolute Gasteiger partial charge is 0.333 e. The van der Waals surface area contributed by atoms with Gasteiger partial charge in [-0.2, -0.15) is 4.31 Å². The van der Waals surface area contributed by atoms with Crippen molar-refractivity contribution in [2.45, 2.75) is 18.6 Å². The normalized spacial score (nSPS) is 24.2. The first kappa shape index (κ1) is 22.7. The van der Waals surface area contributed by atoms with Crippen LogP contribution < -0.4 is 10.4 Å². The quantitative estimate of drug-likeness (QED) is 0.574. The van der Waals surface area contributed by atoms with Gasteiger partial charge in [0.1, 0.15) is 6.54 Å². The Morgan fingerprint density at radius 2 is 1.78 bits per heavy atom. The zero-order chi connectivity index (χ0) is 23.1. The second-order valence-electron chi connectivity index (χ2n) is 8.10. The van der Waals surface area contributed by atoms with Gasteiger partial charge in [0.25, 0.3) is 11.8 Å². The molecule has 11 nitrogen and oxygen atoms in total. The third-order valence-electron chi connectivity index (χ3n) is 5.83. The van der Waals surface area contributed by atoms with E-state index >= 15 is 0 Å². The van der Waals surface area contributed by atoms with Crippen molar-refractivity contribution in [1.82, 2.24) is 14.6 Å². The van der Waals surface area contributed by atoms with E-state index in [4.69, 9.17) is 0 Å². The van der Waals surface area contributed by atoms with Crippen molar-refractivity contribution in [3.8, 4) is 0 Å². The molecule has 0 saturated carbocycles. The summed E-state index contributed by atoms with van der Waals surface area (Å²) in [6, 6.07) is 7.24. The number of amides is 2. The van der Waals surface area contributed by atoms with Gasteiger partial charge < -0.3 is 4.90 Å². The van der Waals surface area contributed by atoms with Crippen molar-refractivity contribution in [2.75, 3.05) is 49.2 Å². The van der Waals surface area contributed by atoms with Crippen molar-refractivity contribution in [1.29, 1.82) is 0 Å². The summed E-state index contributed by atoms with van der Waals surface area (Å²) in [5.41, 5.74) is 4.40. The lowest BCUT2D eigenvalue weighted by Gasteiger charge is -2.36. The third kappa shape index (κ3) is 4.50. The van der Waals surface area contributed by atoms with Crippen LogP contribution in [0.2, 0.25) is 0 Å². The van der Waals surface area contributed by atoms with Gasteiger partial charge in [0.2, 0.25) is 15.9 Å². The van der Waals surface area contributed by atoms with Crippen molar-refractivity contribution >= 4 is 43.2 Å².